The van der Waals surface area contributed by atoms with Gasteiger partial charge in [0.15, 0.2) is 0 Å². The largest absolute Gasteiger partial charge is 0.296 e. The monoisotopic (exact) mass is 390 g/mol. The van der Waals surface area contributed by atoms with Gasteiger partial charge in [-0.15, -0.1) is 11.3 Å². The Hall–Kier alpha value is -1.99. The van der Waals surface area contributed by atoms with E-state index < -0.39 is 0 Å². The van der Waals surface area contributed by atoms with Crippen LogP contribution in [0.2, 0.25) is 4.34 Å². The van der Waals surface area contributed by atoms with E-state index in [9.17, 15) is 9.59 Å². The van der Waals surface area contributed by atoms with Crippen molar-refractivity contribution in [3.8, 4) is 0 Å². The van der Waals surface area contributed by atoms with Crippen molar-refractivity contribution < 1.29 is 9.59 Å². The number of hydrogen-bond donors (Lipinski definition) is 1. The van der Waals surface area contributed by atoms with Crippen LogP contribution < -0.4 is 10.2 Å². The lowest BCUT2D eigenvalue weighted by Gasteiger charge is -2.22. The number of anilines is 2. The van der Waals surface area contributed by atoms with Crippen LogP contribution in [0.1, 0.15) is 31.1 Å². The number of thiophene rings is 1. The van der Waals surface area contributed by atoms with Crippen LogP contribution in [0.25, 0.3) is 0 Å². The Labute approximate surface area is 160 Å². The second kappa shape index (κ2) is 6.63. The molecule has 1 aliphatic carbocycles. The molecule has 0 unspecified atom stereocenters. The van der Waals surface area contributed by atoms with E-state index in [0.29, 0.717) is 22.6 Å². The maximum absolute atomic E-state index is 12.9. The summed E-state index contributed by atoms with van der Waals surface area (Å²) in [6.45, 7) is 2.72. The minimum atomic E-state index is -0.271. The number of rotatable bonds is 5. The molecule has 2 aliphatic rings. The first-order valence-electron chi connectivity index (χ1n) is 8.65. The minimum Gasteiger partial charge on any atom is -0.296 e. The summed E-state index contributed by atoms with van der Waals surface area (Å²) < 4.78 is 0.650. The Morgan fingerprint density at radius 1 is 1.42 bits per heavy atom. The van der Waals surface area contributed by atoms with Gasteiger partial charge in [0.05, 0.1) is 16.2 Å². The number of amides is 2. The molecule has 1 saturated heterocycles. The summed E-state index contributed by atoms with van der Waals surface area (Å²) in [5.74, 6) is 1.17. The third kappa shape index (κ3) is 3.33. The standard InChI is InChI=1S/C18H19ClN4O2S/c1-18(11-2-3-11)7-9-23(16(18)25)14-6-8-20-17(21-14)22-15(24)10-12-4-5-13(19)26-12/h4-6,8,11H,2-3,7,9-10H2,1H3,(H,20,21,22,24)/t18-/m0/s1. The van der Waals surface area contributed by atoms with E-state index in [0.717, 1.165) is 24.1 Å². The SMILES string of the molecule is C[C@@]1(C2CC2)CCN(c2ccnc(NC(=O)Cc3ccc(Cl)s3)n2)C1=O. The summed E-state index contributed by atoms with van der Waals surface area (Å²) in [4.78, 5) is 36.1. The maximum Gasteiger partial charge on any atom is 0.234 e. The fourth-order valence-electron chi connectivity index (χ4n) is 3.51. The van der Waals surface area contributed by atoms with Crippen LogP contribution in [-0.2, 0) is 16.0 Å². The smallest absolute Gasteiger partial charge is 0.234 e. The van der Waals surface area contributed by atoms with E-state index >= 15 is 0 Å². The van der Waals surface area contributed by atoms with Gasteiger partial charge in [0.25, 0.3) is 0 Å². The highest BCUT2D eigenvalue weighted by molar-refractivity contribution is 7.16. The first-order chi connectivity index (χ1) is 12.5. The molecule has 6 nitrogen and oxygen atoms in total. The molecule has 3 heterocycles. The number of aromatic nitrogens is 2. The zero-order valence-electron chi connectivity index (χ0n) is 14.4. The molecule has 0 aromatic carbocycles. The molecule has 26 heavy (non-hydrogen) atoms. The predicted molar refractivity (Wildman–Crippen MR) is 101 cm³/mol. The molecule has 4 rings (SSSR count). The highest BCUT2D eigenvalue weighted by atomic mass is 35.5. The lowest BCUT2D eigenvalue weighted by molar-refractivity contribution is -0.125. The minimum absolute atomic E-state index is 0.129. The van der Waals surface area contributed by atoms with Gasteiger partial charge in [-0.05, 0) is 43.4 Å². The van der Waals surface area contributed by atoms with Crippen LogP contribution >= 0.6 is 22.9 Å². The van der Waals surface area contributed by atoms with E-state index in [4.69, 9.17) is 11.6 Å². The highest BCUT2D eigenvalue weighted by Gasteiger charge is 2.52. The Bertz CT molecular complexity index is 866. The van der Waals surface area contributed by atoms with E-state index in [1.165, 1.54) is 11.3 Å². The van der Waals surface area contributed by atoms with Crippen LogP contribution in [0, 0.1) is 11.3 Å². The second-order valence-electron chi connectivity index (χ2n) is 7.07. The van der Waals surface area contributed by atoms with Crippen LogP contribution in [0.4, 0.5) is 11.8 Å². The lowest BCUT2D eigenvalue weighted by atomic mass is 9.83. The molecule has 1 saturated carbocycles. The van der Waals surface area contributed by atoms with E-state index in [2.05, 4.69) is 22.2 Å². The van der Waals surface area contributed by atoms with Gasteiger partial charge in [-0.25, -0.2) is 4.98 Å². The third-order valence-corrected chi connectivity index (χ3v) is 6.43. The summed E-state index contributed by atoms with van der Waals surface area (Å²) in [5, 5.41) is 2.70. The molecule has 1 N–H and O–H groups in total. The number of hydrogen-bond acceptors (Lipinski definition) is 5. The molecule has 8 heteroatoms. The average molecular weight is 391 g/mol. The zero-order chi connectivity index (χ0) is 18.3. The van der Waals surface area contributed by atoms with Crippen molar-refractivity contribution in [1.29, 1.82) is 0 Å². The Kier molecular flexibility index (Phi) is 4.44. The molecule has 2 amide bonds. The van der Waals surface area contributed by atoms with Crippen molar-refractivity contribution in [2.24, 2.45) is 11.3 Å². The number of carbonyl (C=O) groups is 2. The van der Waals surface area contributed by atoms with E-state index in [1.807, 2.05) is 6.07 Å². The molecular weight excluding hydrogens is 372 g/mol. The van der Waals surface area contributed by atoms with Gasteiger partial charge in [0, 0.05) is 17.6 Å². The molecular formula is C18H19ClN4O2S. The summed E-state index contributed by atoms with van der Waals surface area (Å²) in [5.41, 5.74) is -0.271. The summed E-state index contributed by atoms with van der Waals surface area (Å²) in [7, 11) is 0. The van der Waals surface area contributed by atoms with Crippen LogP contribution in [0.15, 0.2) is 24.4 Å². The van der Waals surface area contributed by atoms with Gasteiger partial charge >= 0.3 is 0 Å². The van der Waals surface area contributed by atoms with Crippen LogP contribution in [0.5, 0.6) is 0 Å². The van der Waals surface area contributed by atoms with Crippen molar-refractivity contribution in [2.75, 3.05) is 16.8 Å². The maximum atomic E-state index is 12.9. The van der Waals surface area contributed by atoms with Crippen molar-refractivity contribution in [2.45, 2.75) is 32.6 Å². The molecule has 1 aliphatic heterocycles. The fourth-order valence-corrected chi connectivity index (χ4v) is 4.60. The van der Waals surface area contributed by atoms with Gasteiger partial charge in [0.1, 0.15) is 5.82 Å². The van der Waals surface area contributed by atoms with E-state index in [1.54, 1.807) is 23.2 Å². The lowest BCUT2D eigenvalue weighted by Crippen LogP contribution is -2.34. The number of carbonyl (C=O) groups excluding carboxylic acids is 2. The second-order valence-corrected chi connectivity index (χ2v) is 8.87. The predicted octanol–water partition coefficient (Wildman–Crippen LogP) is 3.53. The quantitative estimate of drug-likeness (QED) is 0.847. The highest BCUT2D eigenvalue weighted by Crippen LogP contribution is 2.51. The number of halogens is 1. The first kappa shape index (κ1) is 17.4. The molecule has 2 fully saturated rings. The summed E-state index contributed by atoms with van der Waals surface area (Å²) in [6.07, 6.45) is 4.90. The summed E-state index contributed by atoms with van der Waals surface area (Å²) in [6, 6.07) is 5.30. The molecule has 0 radical (unpaired) electrons. The van der Waals surface area contributed by atoms with E-state index in [-0.39, 0.29) is 29.6 Å². The normalized spacial score (nSPS) is 22.7. The Morgan fingerprint density at radius 2 is 2.23 bits per heavy atom. The first-order valence-corrected chi connectivity index (χ1v) is 9.84. The fraction of sp³-hybridized carbons (Fsp3) is 0.444. The zero-order valence-corrected chi connectivity index (χ0v) is 15.9. The van der Waals surface area contributed by atoms with Crippen molar-refractivity contribution in [3.05, 3.63) is 33.6 Å². The Balaban J connectivity index is 1.45. The molecule has 2 aromatic heterocycles. The number of nitrogens with one attached hydrogen (secondary N) is 1. The van der Waals surface area contributed by atoms with Gasteiger partial charge < -0.3 is 0 Å². The van der Waals surface area contributed by atoms with Gasteiger partial charge in [0.2, 0.25) is 17.8 Å². The molecule has 0 bridgehead atoms. The van der Waals surface area contributed by atoms with Crippen molar-refractivity contribution in [3.63, 3.8) is 0 Å². The van der Waals surface area contributed by atoms with Crippen LogP contribution in [0.3, 0.4) is 0 Å². The average Bonchev–Trinajstić information content (AvgIpc) is 3.32. The van der Waals surface area contributed by atoms with Gasteiger partial charge in [-0.2, -0.15) is 4.98 Å². The topological polar surface area (TPSA) is 75.2 Å². The molecule has 1 atom stereocenters. The van der Waals surface area contributed by atoms with Crippen LogP contribution in [-0.4, -0.2) is 28.3 Å². The van der Waals surface area contributed by atoms with Crippen molar-refractivity contribution in [1.82, 2.24) is 9.97 Å². The Morgan fingerprint density at radius 3 is 2.92 bits per heavy atom. The summed E-state index contributed by atoms with van der Waals surface area (Å²) >= 11 is 7.26. The third-order valence-electron chi connectivity index (χ3n) is 5.20. The molecule has 2 aromatic rings. The van der Waals surface area contributed by atoms with Gasteiger partial charge in [-0.3, -0.25) is 19.8 Å². The number of nitrogens with zero attached hydrogens (tertiary/aromatic N) is 3. The van der Waals surface area contributed by atoms with Crippen molar-refractivity contribution >= 4 is 46.5 Å². The van der Waals surface area contributed by atoms with Gasteiger partial charge in [-0.1, -0.05) is 18.5 Å². The molecule has 0 spiro atoms. The molecule has 136 valence electrons.